The topological polar surface area (TPSA) is 0 Å². The summed E-state index contributed by atoms with van der Waals surface area (Å²) < 4.78 is 0. The summed E-state index contributed by atoms with van der Waals surface area (Å²) in [6.45, 7) is 11.0. The monoisotopic (exact) mass is 302 g/mol. The standard InChI is InChI=1S/C22H38/c1-18-10-5-6-12-19(2)14-9-15-21(4)17-16-20(3,22(18,19)21)13-8-7-11-18/h5-17H2,1-4H3/t18?,19-,20+,21?,22?/m1/s1. The van der Waals surface area contributed by atoms with Gasteiger partial charge in [0.25, 0.3) is 0 Å². The first-order chi connectivity index (χ1) is 10.3. The average molecular weight is 303 g/mol. The van der Waals surface area contributed by atoms with Crippen LogP contribution >= 0.6 is 0 Å². The van der Waals surface area contributed by atoms with Crippen LogP contribution in [0.4, 0.5) is 0 Å². The van der Waals surface area contributed by atoms with Crippen LogP contribution in [-0.2, 0) is 0 Å². The van der Waals surface area contributed by atoms with Gasteiger partial charge in [-0.1, -0.05) is 59.8 Å². The Morgan fingerprint density at radius 2 is 0.636 bits per heavy atom. The Kier molecular flexibility index (Phi) is 3.21. The lowest BCUT2D eigenvalue weighted by molar-refractivity contribution is -0.228. The summed E-state index contributed by atoms with van der Waals surface area (Å²) in [5.74, 6) is 0. The van der Waals surface area contributed by atoms with Crippen LogP contribution in [0.25, 0.3) is 0 Å². The summed E-state index contributed by atoms with van der Waals surface area (Å²) in [4.78, 5) is 0. The highest BCUT2D eigenvalue weighted by Crippen LogP contribution is 2.84. The van der Waals surface area contributed by atoms with Gasteiger partial charge in [0.15, 0.2) is 0 Å². The summed E-state index contributed by atoms with van der Waals surface area (Å²) in [6.07, 6.45) is 19.7. The van der Waals surface area contributed by atoms with Crippen LogP contribution in [0.2, 0.25) is 0 Å². The van der Waals surface area contributed by atoms with E-state index in [0.29, 0.717) is 27.1 Å². The molecule has 0 bridgehead atoms. The van der Waals surface area contributed by atoms with Crippen molar-refractivity contribution in [2.75, 3.05) is 0 Å². The van der Waals surface area contributed by atoms with Crippen LogP contribution in [0.1, 0.15) is 111 Å². The first-order valence-corrected chi connectivity index (χ1v) is 10.3. The highest BCUT2D eigenvalue weighted by atomic mass is 14.8. The largest absolute Gasteiger partial charge is 0.0591 e. The van der Waals surface area contributed by atoms with Crippen molar-refractivity contribution in [3.8, 4) is 0 Å². The summed E-state index contributed by atoms with van der Waals surface area (Å²) in [6, 6.07) is 0. The zero-order chi connectivity index (χ0) is 15.7. The van der Waals surface area contributed by atoms with E-state index >= 15 is 0 Å². The Morgan fingerprint density at radius 1 is 0.364 bits per heavy atom. The molecule has 0 aromatic heterocycles. The van der Waals surface area contributed by atoms with E-state index in [1.165, 1.54) is 83.5 Å². The minimum absolute atomic E-state index is 0.606. The van der Waals surface area contributed by atoms with Crippen molar-refractivity contribution in [2.45, 2.75) is 111 Å². The molecule has 0 heteroatoms. The highest BCUT2D eigenvalue weighted by Gasteiger charge is 2.76. The Balaban J connectivity index is 2.03. The van der Waals surface area contributed by atoms with Gasteiger partial charge in [0.2, 0.25) is 0 Å². The molecule has 0 heterocycles. The molecular weight excluding hydrogens is 264 g/mol. The molecule has 5 atom stereocenters. The molecular formula is C22H38. The summed E-state index contributed by atoms with van der Waals surface area (Å²) in [5.41, 5.74) is 3.08. The normalized spacial score (nSPS) is 58.4. The van der Waals surface area contributed by atoms with Crippen molar-refractivity contribution >= 4 is 0 Å². The van der Waals surface area contributed by atoms with Gasteiger partial charge in [-0.05, 0) is 78.4 Å². The maximum atomic E-state index is 2.76. The quantitative estimate of drug-likeness (QED) is 0.446. The Hall–Kier alpha value is 0. The molecule has 0 aromatic carbocycles. The maximum absolute atomic E-state index is 2.76. The SMILES string of the molecule is CC12CCCC[C@]3(C)CCCC4(C)CC[C@](C)(CCCC1)C243. The van der Waals surface area contributed by atoms with Crippen LogP contribution in [-0.4, -0.2) is 0 Å². The fraction of sp³-hybridized carbons (Fsp3) is 1.00. The molecule has 4 saturated carbocycles. The molecule has 0 nitrogen and oxygen atoms in total. The zero-order valence-electron chi connectivity index (χ0n) is 15.7. The van der Waals surface area contributed by atoms with Crippen molar-refractivity contribution in [3.63, 3.8) is 0 Å². The fourth-order valence-corrected chi connectivity index (χ4v) is 9.85. The van der Waals surface area contributed by atoms with Gasteiger partial charge >= 0.3 is 0 Å². The van der Waals surface area contributed by atoms with Gasteiger partial charge < -0.3 is 0 Å². The van der Waals surface area contributed by atoms with Gasteiger partial charge in [-0.3, -0.25) is 0 Å². The molecule has 4 fully saturated rings. The molecule has 1 spiro atoms. The second-order valence-electron chi connectivity index (χ2n) is 10.8. The molecule has 3 unspecified atom stereocenters. The smallest absolute Gasteiger partial charge is 0.00822 e. The van der Waals surface area contributed by atoms with Crippen LogP contribution < -0.4 is 0 Å². The molecule has 0 aromatic rings. The van der Waals surface area contributed by atoms with E-state index in [-0.39, 0.29) is 0 Å². The van der Waals surface area contributed by atoms with E-state index in [0.717, 1.165) is 0 Å². The molecule has 0 saturated heterocycles. The van der Waals surface area contributed by atoms with Crippen LogP contribution in [0.5, 0.6) is 0 Å². The van der Waals surface area contributed by atoms with Gasteiger partial charge in [0.05, 0.1) is 0 Å². The number of rotatable bonds is 0. The van der Waals surface area contributed by atoms with Gasteiger partial charge in [-0.25, -0.2) is 0 Å². The van der Waals surface area contributed by atoms with Crippen molar-refractivity contribution < 1.29 is 0 Å². The lowest BCUT2D eigenvalue weighted by atomic mass is 9.33. The van der Waals surface area contributed by atoms with E-state index in [9.17, 15) is 0 Å². The maximum Gasteiger partial charge on any atom is -0.00822 e. The predicted octanol–water partition coefficient (Wildman–Crippen LogP) is 7.12. The molecule has 126 valence electrons. The molecule has 4 aliphatic carbocycles. The van der Waals surface area contributed by atoms with Crippen LogP contribution in [0.15, 0.2) is 0 Å². The summed E-state index contributed by atoms with van der Waals surface area (Å²) >= 11 is 0. The number of hydrogen-bond acceptors (Lipinski definition) is 0. The van der Waals surface area contributed by atoms with Gasteiger partial charge in [-0.15, -0.1) is 0 Å². The molecule has 22 heavy (non-hydrogen) atoms. The fourth-order valence-electron chi connectivity index (χ4n) is 9.85. The van der Waals surface area contributed by atoms with Gasteiger partial charge in [-0.2, -0.15) is 0 Å². The number of hydrogen-bond donors (Lipinski definition) is 0. The van der Waals surface area contributed by atoms with E-state index in [1.54, 1.807) is 0 Å². The molecule has 4 aliphatic rings. The van der Waals surface area contributed by atoms with E-state index in [2.05, 4.69) is 27.7 Å². The Bertz CT molecular complexity index is 463. The van der Waals surface area contributed by atoms with Crippen LogP contribution in [0, 0.1) is 27.1 Å². The van der Waals surface area contributed by atoms with Crippen molar-refractivity contribution in [2.24, 2.45) is 27.1 Å². The predicted molar refractivity (Wildman–Crippen MR) is 94.9 cm³/mol. The summed E-state index contributed by atoms with van der Waals surface area (Å²) in [7, 11) is 0. The minimum Gasteiger partial charge on any atom is -0.0591 e. The second-order valence-corrected chi connectivity index (χ2v) is 10.8. The highest BCUT2D eigenvalue weighted by molar-refractivity contribution is 5.25. The third-order valence-corrected chi connectivity index (χ3v) is 9.72. The third-order valence-electron chi connectivity index (χ3n) is 9.72. The molecule has 0 N–H and O–H groups in total. The Morgan fingerprint density at radius 3 is 1.00 bits per heavy atom. The molecule has 4 rings (SSSR count). The van der Waals surface area contributed by atoms with Gasteiger partial charge in [0.1, 0.15) is 0 Å². The third kappa shape index (κ3) is 1.52. The van der Waals surface area contributed by atoms with E-state index in [4.69, 9.17) is 0 Å². The molecule has 0 aliphatic heterocycles. The minimum atomic E-state index is 0.606. The summed E-state index contributed by atoms with van der Waals surface area (Å²) in [5, 5.41) is 0. The van der Waals surface area contributed by atoms with Gasteiger partial charge in [0, 0.05) is 0 Å². The van der Waals surface area contributed by atoms with Crippen molar-refractivity contribution in [1.29, 1.82) is 0 Å². The first kappa shape index (κ1) is 15.5. The average Bonchev–Trinajstić information content (AvgIpc) is 2.55. The Labute approximate surface area is 138 Å². The zero-order valence-corrected chi connectivity index (χ0v) is 15.7. The lowest BCUT2D eigenvalue weighted by Gasteiger charge is -2.71. The van der Waals surface area contributed by atoms with E-state index in [1.807, 2.05) is 0 Å². The van der Waals surface area contributed by atoms with Crippen LogP contribution in [0.3, 0.4) is 0 Å². The van der Waals surface area contributed by atoms with Crippen molar-refractivity contribution in [1.82, 2.24) is 0 Å². The molecule has 0 amide bonds. The second kappa shape index (κ2) is 4.54. The van der Waals surface area contributed by atoms with E-state index < -0.39 is 0 Å². The lowest BCUT2D eigenvalue weighted by Crippen LogP contribution is -2.64. The first-order valence-electron chi connectivity index (χ1n) is 10.3. The van der Waals surface area contributed by atoms with Crippen molar-refractivity contribution in [3.05, 3.63) is 0 Å². The molecule has 0 radical (unpaired) electrons.